The summed E-state index contributed by atoms with van der Waals surface area (Å²) < 4.78 is 15.0. The third-order valence-corrected chi connectivity index (χ3v) is 5.27. The number of halogens is 1. The summed E-state index contributed by atoms with van der Waals surface area (Å²) in [4.78, 5) is 17.7. The summed E-state index contributed by atoms with van der Waals surface area (Å²) in [5.41, 5.74) is 2.68. The Bertz CT molecular complexity index is 1180. The zero-order valence-corrected chi connectivity index (χ0v) is 15.6. The predicted octanol–water partition coefficient (Wildman–Crippen LogP) is 4.62. The highest BCUT2D eigenvalue weighted by atomic mass is 32.1. The summed E-state index contributed by atoms with van der Waals surface area (Å²) in [6, 6.07) is 11.6. The summed E-state index contributed by atoms with van der Waals surface area (Å²) >= 11 is 1.35. The number of pyridine rings is 1. The highest BCUT2D eigenvalue weighted by molar-refractivity contribution is 7.12. The van der Waals surface area contributed by atoms with Crippen molar-refractivity contribution in [3.8, 4) is 16.4 Å². The van der Waals surface area contributed by atoms with Gasteiger partial charge in [0.25, 0.3) is 5.56 Å². The first-order valence-electron chi connectivity index (χ1n) is 8.50. The molecule has 1 atom stereocenters. The molecule has 0 bridgehead atoms. The minimum atomic E-state index is -0.719. The number of benzene rings is 2. The topological polar surface area (TPSA) is 55.1 Å². The van der Waals surface area contributed by atoms with Gasteiger partial charge >= 0.3 is 0 Å². The molecule has 0 saturated carbocycles. The van der Waals surface area contributed by atoms with Crippen LogP contribution in [0.3, 0.4) is 0 Å². The molecule has 4 rings (SSSR count). The van der Waals surface area contributed by atoms with Crippen molar-refractivity contribution >= 4 is 22.1 Å². The first kappa shape index (κ1) is 17.6. The third-order valence-electron chi connectivity index (χ3n) is 4.51. The van der Waals surface area contributed by atoms with E-state index in [2.05, 4.69) is 4.98 Å². The van der Waals surface area contributed by atoms with Crippen LogP contribution in [0.5, 0.6) is 0 Å². The zero-order valence-electron chi connectivity index (χ0n) is 14.8. The van der Waals surface area contributed by atoms with Crippen LogP contribution in [-0.2, 0) is 0 Å². The number of thiazole rings is 1. The number of aromatic nitrogens is 2. The number of hydrogen-bond acceptors (Lipinski definition) is 4. The van der Waals surface area contributed by atoms with E-state index in [1.807, 2.05) is 25.1 Å². The summed E-state index contributed by atoms with van der Waals surface area (Å²) in [7, 11) is 0. The lowest BCUT2D eigenvalue weighted by Gasteiger charge is -2.16. The van der Waals surface area contributed by atoms with Crippen molar-refractivity contribution in [2.75, 3.05) is 0 Å². The largest absolute Gasteiger partial charge is 0.389 e. The van der Waals surface area contributed by atoms with Gasteiger partial charge in [0, 0.05) is 17.0 Å². The minimum Gasteiger partial charge on any atom is -0.389 e. The van der Waals surface area contributed by atoms with E-state index < -0.39 is 6.10 Å². The Labute approximate surface area is 159 Å². The molecule has 4 nitrogen and oxygen atoms in total. The van der Waals surface area contributed by atoms with E-state index in [9.17, 15) is 14.3 Å². The Kier molecular flexibility index (Phi) is 4.37. The molecule has 0 fully saturated rings. The first-order valence-corrected chi connectivity index (χ1v) is 9.38. The van der Waals surface area contributed by atoms with Crippen LogP contribution >= 0.6 is 11.3 Å². The fourth-order valence-corrected chi connectivity index (χ4v) is 3.94. The second-order valence-corrected chi connectivity index (χ2v) is 7.36. The highest BCUT2D eigenvalue weighted by Crippen LogP contribution is 2.30. The van der Waals surface area contributed by atoms with Crippen molar-refractivity contribution in [2.24, 2.45) is 0 Å². The molecule has 1 unspecified atom stereocenters. The molecule has 2 aromatic heterocycles. The van der Waals surface area contributed by atoms with E-state index in [0.29, 0.717) is 32.7 Å². The highest BCUT2D eigenvalue weighted by Gasteiger charge is 2.18. The number of aliphatic hydroxyl groups is 1. The summed E-state index contributed by atoms with van der Waals surface area (Å²) in [6.45, 7) is 3.57. The Morgan fingerprint density at radius 2 is 1.89 bits per heavy atom. The van der Waals surface area contributed by atoms with Gasteiger partial charge in [-0.25, -0.2) is 9.37 Å². The zero-order chi connectivity index (χ0) is 19.1. The Balaban J connectivity index is 2.16. The molecular weight excluding hydrogens is 363 g/mol. The van der Waals surface area contributed by atoms with E-state index in [-0.39, 0.29) is 11.4 Å². The molecule has 4 aromatic rings. The fraction of sp³-hybridized carbons (Fsp3) is 0.143. The molecule has 0 radical (unpaired) electrons. The van der Waals surface area contributed by atoms with E-state index in [1.54, 1.807) is 35.2 Å². The molecule has 2 aromatic carbocycles. The lowest BCUT2D eigenvalue weighted by Crippen LogP contribution is -2.21. The normalized spacial score (nSPS) is 12.4. The standard InChI is InChI=1S/C21H17FN2O2S/c1-12-9-16(13(2)25)17-11-19(14-3-5-15(22)6-4-14)24(20(26)18(17)10-12)21-23-7-8-27-21/h3-11,13,25H,1-2H3. The monoisotopic (exact) mass is 380 g/mol. The quantitative estimate of drug-likeness (QED) is 0.564. The maximum Gasteiger partial charge on any atom is 0.265 e. The van der Waals surface area contributed by atoms with Gasteiger partial charge in [-0.3, -0.25) is 9.36 Å². The Morgan fingerprint density at radius 3 is 2.52 bits per heavy atom. The smallest absolute Gasteiger partial charge is 0.265 e. The van der Waals surface area contributed by atoms with E-state index in [1.165, 1.54) is 23.5 Å². The number of fused-ring (bicyclic) bond motifs is 1. The van der Waals surface area contributed by atoms with Gasteiger partial charge in [-0.15, -0.1) is 11.3 Å². The van der Waals surface area contributed by atoms with Crippen molar-refractivity contribution in [3.63, 3.8) is 0 Å². The van der Waals surface area contributed by atoms with Crippen molar-refractivity contribution in [1.29, 1.82) is 0 Å². The van der Waals surface area contributed by atoms with Gasteiger partial charge in [-0.2, -0.15) is 0 Å². The third kappa shape index (κ3) is 3.07. The molecule has 0 aliphatic carbocycles. The molecule has 0 saturated heterocycles. The molecule has 1 N–H and O–H groups in total. The summed E-state index contributed by atoms with van der Waals surface area (Å²) in [5.74, 6) is -0.344. The van der Waals surface area contributed by atoms with Gasteiger partial charge in [-0.1, -0.05) is 6.07 Å². The van der Waals surface area contributed by atoms with Crippen LogP contribution in [0, 0.1) is 12.7 Å². The number of rotatable bonds is 3. The van der Waals surface area contributed by atoms with Crippen molar-refractivity contribution in [3.05, 3.63) is 81.3 Å². The van der Waals surface area contributed by atoms with Gasteiger partial charge in [-0.05, 0) is 72.3 Å². The lowest BCUT2D eigenvalue weighted by molar-refractivity contribution is 0.201. The first-order chi connectivity index (χ1) is 13.0. The molecule has 136 valence electrons. The van der Waals surface area contributed by atoms with Crippen LogP contribution in [0.2, 0.25) is 0 Å². The Hall–Kier alpha value is -2.83. The van der Waals surface area contributed by atoms with Crippen molar-refractivity contribution in [2.45, 2.75) is 20.0 Å². The van der Waals surface area contributed by atoms with Crippen LogP contribution in [0.15, 0.2) is 58.8 Å². The van der Waals surface area contributed by atoms with Gasteiger partial charge in [0.2, 0.25) is 0 Å². The fourth-order valence-electron chi connectivity index (χ4n) is 3.29. The van der Waals surface area contributed by atoms with Gasteiger partial charge in [0.05, 0.1) is 11.8 Å². The Morgan fingerprint density at radius 1 is 1.15 bits per heavy atom. The van der Waals surface area contributed by atoms with Crippen molar-refractivity contribution in [1.82, 2.24) is 9.55 Å². The summed E-state index contributed by atoms with van der Waals surface area (Å²) in [5, 5.41) is 13.8. The minimum absolute atomic E-state index is 0.215. The van der Waals surface area contributed by atoms with Crippen LogP contribution in [-0.4, -0.2) is 14.7 Å². The average molecular weight is 380 g/mol. The van der Waals surface area contributed by atoms with E-state index >= 15 is 0 Å². The second kappa shape index (κ2) is 6.72. The maximum absolute atomic E-state index is 13.4. The van der Waals surface area contributed by atoms with Crippen molar-refractivity contribution < 1.29 is 9.50 Å². The molecular formula is C21H17FN2O2S. The average Bonchev–Trinajstić information content (AvgIpc) is 3.16. The van der Waals surface area contributed by atoms with Gasteiger partial charge in [0.15, 0.2) is 5.13 Å². The van der Waals surface area contributed by atoms with Gasteiger partial charge in [0.1, 0.15) is 5.82 Å². The molecule has 0 spiro atoms. The maximum atomic E-state index is 13.4. The van der Waals surface area contributed by atoms with E-state index in [4.69, 9.17) is 0 Å². The van der Waals surface area contributed by atoms with Crippen LogP contribution < -0.4 is 5.56 Å². The van der Waals surface area contributed by atoms with Gasteiger partial charge < -0.3 is 5.11 Å². The number of nitrogens with zero attached hydrogens (tertiary/aromatic N) is 2. The van der Waals surface area contributed by atoms with Crippen LogP contribution in [0.1, 0.15) is 24.2 Å². The number of aliphatic hydroxyl groups excluding tert-OH is 1. The predicted molar refractivity (Wildman–Crippen MR) is 106 cm³/mol. The summed E-state index contributed by atoms with van der Waals surface area (Å²) in [6.07, 6.45) is 0.923. The molecule has 0 aliphatic rings. The SMILES string of the molecule is Cc1cc(C(C)O)c2cc(-c3ccc(F)cc3)n(-c3nccs3)c(=O)c2c1. The number of aryl methyl sites for hydroxylation is 1. The number of hydrogen-bond donors (Lipinski definition) is 1. The lowest BCUT2D eigenvalue weighted by atomic mass is 9.97. The van der Waals surface area contributed by atoms with Crippen LogP contribution in [0.4, 0.5) is 4.39 Å². The molecule has 0 aliphatic heterocycles. The molecule has 6 heteroatoms. The van der Waals surface area contributed by atoms with Crippen LogP contribution in [0.25, 0.3) is 27.2 Å². The second-order valence-electron chi connectivity index (χ2n) is 6.48. The molecule has 27 heavy (non-hydrogen) atoms. The molecule has 2 heterocycles. The molecule has 0 amide bonds. The van der Waals surface area contributed by atoms with E-state index in [0.717, 1.165) is 5.56 Å².